The van der Waals surface area contributed by atoms with Gasteiger partial charge in [-0.3, -0.25) is 14.9 Å². The Bertz CT molecular complexity index is 531. The van der Waals surface area contributed by atoms with Crippen molar-refractivity contribution in [3.8, 4) is 0 Å². The van der Waals surface area contributed by atoms with Crippen LogP contribution in [0.1, 0.15) is 23.2 Å². The van der Waals surface area contributed by atoms with Crippen LogP contribution in [0.4, 0.5) is 5.69 Å². The molecule has 2 rings (SSSR count). The number of carbonyl (C=O) groups excluding carboxylic acids is 1. The molecule has 0 aliphatic heterocycles. The summed E-state index contributed by atoms with van der Waals surface area (Å²) in [4.78, 5) is 24.6. The van der Waals surface area contributed by atoms with E-state index in [4.69, 9.17) is 16.3 Å². The highest BCUT2D eigenvalue weighted by Gasteiger charge is 2.35. The van der Waals surface area contributed by atoms with E-state index >= 15 is 0 Å². The number of amides is 1. The van der Waals surface area contributed by atoms with Gasteiger partial charge in [0.15, 0.2) is 0 Å². The van der Waals surface area contributed by atoms with Crippen molar-refractivity contribution in [1.29, 1.82) is 0 Å². The van der Waals surface area contributed by atoms with Crippen LogP contribution in [-0.2, 0) is 4.74 Å². The number of halogens is 1. The van der Waals surface area contributed by atoms with Gasteiger partial charge in [0, 0.05) is 19.7 Å². The molecule has 1 saturated carbocycles. The van der Waals surface area contributed by atoms with E-state index in [1.54, 1.807) is 18.1 Å². The Morgan fingerprint density at radius 2 is 2.25 bits per heavy atom. The van der Waals surface area contributed by atoms with Crippen LogP contribution in [0.25, 0.3) is 0 Å². The predicted octanol–water partition coefficient (Wildman–Crippen LogP) is 2.50. The van der Waals surface area contributed by atoms with Gasteiger partial charge in [-0.1, -0.05) is 17.7 Å². The fourth-order valence-electron chi connectivity index (χ4n) is 2.05. The standard InChI is InChI=1S/C13H15ClN2O4/c1-20-8-7-15(9-5-6-9)13(17)10-3-2-4-11(14)12(10)16(18)19/h2-4,9H,5-8H2,1H3. The predicted molar refractivity (Wildman–Crippen MR) is 74.0 cm³/mol. The zero-order valence-corrected chi connectivity index (χ0v) is 11.8. The van der Waals surface area contributed by atoms with Crippen molar-refractivity contribution in [2.24, 2.45) is 0 Å². The highest BCUT2D eigenvalue weighted by Crippen LogP contribution is 2.33. The molecule has 0 saturated heterocycles. The van der Waals surface area contributed by atoms with Crippen LogP contribution >= 0.6 is 11.6 Å². The van der Waals surface area contributed by atoms with E-state index in [0.29, 0.717) is 13.2 Å². The van der Waals surface area contributed by atoms with Gasteiger partial charge in [0.2, 0.25) is 0 Å². The van der Waals surface area contributed by atoms with Gasteiger partial charge in [-0.15, -0.1) is 0 Å². The fourth-order valence-corrected chi connectivity index (χ4v) is 2.30. The number of benzene rings is 1. The molecule has 0 radical (unpaired) electrons. The van der Waals surface area contributed by atoms with Crippen LogP contribution in [0.15, 0.2) is 18.2 Å². The first-order valence-electron chi connectivity index (χ1n) is 6.29. The molecule has 1 fully saturated rings. The van der Waals surface area contributed by atoms with E-state index in [2.05, 4.69) is 0 Å². The number of methoxy groups -OCH3 is 1. The van der Waals surface area contributed by atoms with Gasteiger partial charge in [-0.25, -0.2) is 0 Å². The molecule has 0 unspecified atom stereocenters. The van der Waals surface area contributed by atoms with E-state index < -0.39 is 4.92 Å². The Hall–Kier alpha value is -1.66. The molecule has 0 bridgehead atoms. The molecule has 0 spiro atoms. The minimum atomic E-state index is -0.614. The minimum Gasteiger partial charge on any atom is -0.383 e. The average Bonchev–Trinajstić information content (AvgIpc) is 3.22. The lowest BCUT2D eigenvalue weighted by Crippen LogP contribution is -2.36. The molecule has 108 valence electrons. The number of carbonyl (C=O) groups is 1. The number of nitrogens with zero attached hydrogens (tertiary/aromatic N) is 2. The largest absolute Gasteiger partial charge is 0.383 e. The summed E-state index contributed by atoms with van der Waals surface area (Å²) in [6.45, 7) is 0.820. The first-order valence-corrected chi connectivity index (χ1v) is 6.67. The lowest BCUT2D eigenvalue weighted by molar-refractivity contribution is -0.385. The second-order valence-electron chi connectivity index (χ2n) is 4.62. The molecule has 0 N–H and O–H groups in total. The minimum absolute atomic E-state index is 0.0247. The van der Waals surface area contributed by atoms with Crippen LogP contribution in [0.3, 0.4) is 0 Å². The Kier molecular flexibility index (Phi) is 4.57. The second-order valence-corrected chi connectivity index (χ2v) is 5.02. The molecule has 1 aromatic rings. The van der Waals surface area contributed by atoms with E-state index in [1.807, 2.05) is 0 Å². The van der Waals surface area contributed by atoms with Gasteiger partial charge in [0.05, 0.1) is 11.5 Å². The maximum Gasteiger partial charge on any atom is 0.300 e. The fraction of sp³-hybridized carbons (Fsp3) is 0.462. The van der Waals surface area contributed by atoms with Crippen molar-refractivity contribution in [3.63, 3.8) is 0 Å². The van der Waals surface area contributed by atoms with Crippen LogP contribution < -0.4 is 0 Å². The van der Waals surface area contributed by atoms with E-state index in [-0.39, 0.29) is 28.2 Å². The van der Waals surface area contributed by atoms with E-state index in [1.165, 1.54) is 12.1 Å². The molecular weight excluding hydrogens is 284 g/mol. The van der Waals surface area contributed by atoms with Crippen LogP contribution in [0, 0.1) is 10.1 Å². The summed E-state index contributed by atoms with van der Waals surface area (Å²) in [5, 5.41) is 11.1. The van der Waals surface area contributed by atoms with Crippen LogP contribution in [-0.4, -0.2) is 42.0 Å². The van der Waals surface area contributed by atoms with Crippen LogP contribution in [0.5, 0.6) is 0 Å². The summed E-state index contributed by atoms with van der Waals surface area (Å²) in [6.07, 6.45) is 1.84. The first kappa shape index (κ1) is 14.7. The van der Waals surface area contributed by atoms with Gasteiger partial charge in [-0.2, -0.15) is 0 Å². The maximum atomic E-state index is 12.5. The molecule has 1 aliphatic rings. The Labute approximate surface area is 121 Å². The number of hydrogen-bond donors (Lipinski definition) is 0. The summed E-state index contributed by atoms with van der Waals surface area (Å²) < 4.78 is 4.98. The second kappa shape index (κ2) is 6.19. The van der Waals surface area contributed by atoms with E-state index in [9.17, 15) is 14.9 Å². The van der Waals surface area contributed by atoms with Gasteiger partial charge in [0.25, 0.3) is 5.91 Å². The molecule has 1 aromatic carbocycles. The van der Waals surface area contributed by atoms with Crippen molar-refractivity contribution >= 4 is 23.2 Å². The first-order chi connectivity index (χ1) is 9.56. The maximum absolute atomic E-state index is 12.5. The summed E-state index contributed by atoms with van der Waals surface area (Å²) >= 11 is 5.84. The summed E-state index contributed by atoms with van der Waals surface area (Å²) in [5.74, 6) is -0.362. The molecule has 7 heteroatoms. The molecule has 1 aliphatic carbocycles. The summed E-state index contributed by atoms with van der Waals surface area (Å²) in [6, 6.07) is 4.54. The lowest BCUT2D eigenvalue weighted by Gasteiger charge is -2.22. The number of hydrogen-bond acceptors (Lipinski definition) is 4. The molecule has 0 heterocycles. The third-order valence-electron chi connectivity index (χ3n) is 3.18. The Morgan fingerprint density at radius 3 is 2.80 bits per heavy atom. The quantitative estimate of drug-likeness (QED) is 0.597. The normalized spacial score (nSPS) is 14.1. The van der Waals surface area contributed by atoms with Crippen molar-refractivity contribution in [1.82, 2.24) is 4.90 Å². The number of nitro benzene ring substituents is 1. The smallest absolute Gasteiger partial charge is 0.300 e. The topological polar surface area (TPSA) is 72.7 Å². The van der Waals surface area contributed by atoms with E-state index in [0.717, 1.165) is 12.8 Å². The molecule has 0 aromatic heterocycles. The van der Waals surface area contributed by atoms with Crippen LogP contribution in [0.2, 0.25) is 5.02 Å². The van der Waals surface area contributed by atoms with Crippen molar-refractivity contribution in [2.75, 3.05) is 20.3 Å². The highest BCUT2D eigenvalue weighted by atomic mass is 35.5. The average molecular weight is 299 g/mol. The summed E-state index contributed by atoms with van der Waals surface area (Å²) in [7, 11) is 1.55. The highest BCUT2D eigenvalue weighted by molar-refractivity contribution is 6.33. The number of ether oxygens (including phenoxy) is 1. The van der Waals surface area contributed by atoms with Gasteiger partial charge in [-0.05, 0) is 25.0 Å². The Balaban J connectivity index is 2.31. The van der Waals surface area contributed by atoms with Gasteiger partial charge < -0.3 is 9.64 Å². The molecule has 1 amide bonds. The molecule has 20 heavy (non-hydrogen) atoms. The number of para-hydroxylation sites is 1. The number of rotatable bonds is 6. The monoisotopic (exact) mass is 298 g/mol. The van der Waals surface area contributed by atoms with Crippen molar-refractivity contribution < 1.29 is 14.5 Å². The third kappa shape index (κ3) is 3.08. The zero-order chi connectivity index (χ0) is 14.7. The third-order valence-corrected chi connectivity index (χ3v) is 3.49. The van der Waals surface area contributed by atoms with Gasteiger partial charge in [0.1, 0.15) is 10.6 Å². The van der Waals surface area contributed by atoms with Crippen molar-refractivity contribution in [2.45, 2.75) is 18.9 Å². The molecular formula is C13H15ClN2O4. The lowest BCUT2D eigenvalue weighted by atomic mass is 10.1. The summed E-state index contributed by atoms with van der Waals surface area (Å²) in [5.41, 5.74) is -0.298. The zero-order valence-electron chi connectivity index (χ0n) is 11.0. The molecule has 0 atom stereocenters. The Morgan fingerprint density at radius 1 is 1.55 bits per heavy atom. The SMILES string of the molecule is COCCN(C(=O)c1cccc(Cl)c1[N+](=O)[O-])C1CC1. The van der Waals surface area contributed by atoms with Gasteiger partial charge >= 0.3 is 5.69 Å². The van der Waals surface area contributed by atoms with Crippen molar-refractivity contribution in [3.05, 3.63) is 38.9 Å². The molecule has 6 nitrogen and oxygen atoms in total. The number of nitro groups is 1.